The van der Waals surface area contributed by atoms with Gasteiger partial charge in [-0.05, 0) is 45.6 Å². The lowest BCUT2D eigenvalue weighted by molar-refractivity contribution is 0.336. The van der Waals surface area contributed by atoms with Gasteiger partial charge in [-0.3, -0.25) is 0 Å². The Morgan fingerprint density at radius 1 is 1.47 bits per heavy atom. The Bertz CT molecular complexity index is 489. The number of nitrogens with one attached hydrogen (secondary N) is 1. The molecule has 0 atom stereocenters. The van der Waals surface area contributed by atoms with E-state index in [4.69, 9.17) is 0 Å². The van der Waals surface area contributed by atoms with E-state index in [1.165, 1.54) is 24.2 Å². The second-order valence-electron chi connectivity index (χ2n) is 4.90. The summed E-state index contributed by atoms with van der Waals surface area (Å²) in [6.45, 7) is 2.70. The lowest BCUT2D eigenvalue weighted by atomic mass is 9.89. The van der Waals surface area contributed by atoms with Crippen molar-refractivity contribution in [1.29, 1.82) is 0 Å². The number of hydrogen-bond donors (Lipinski definition) is 1. The first kappa shape index (κ1) is 13.5. The summed E-state index contributed by atoms with van der Waals surface area (Å²) in [5.41, 5.74) is 0.136. The monoisotopic (exact) mass is 337 g/mol. The van der Waals surface area contributed by atoms with Crippen LogP contribution < -0.4 is 4.72 Å². The van der Waals surface area contributed by atoms with Gasteiger partial charge in [0, 0.05) is 11.0 Å². The van der Waals surface area contributed by atoms with Gasteiger partial charge in [0.05, 0.1) is 0 Å². The highest BCUT2D eigenvalue weighted by Crippen LogP contribution is 2.37. The molecular weight excluding hydrogens is 322 g/mol. The molecule has 1 aliphatic carbocycles. The molecule has 0 aliphatic heterocycles. The Morgan fingerprint density at radius 2 is 2.12 bits per heavy atom. The standard InChI is InChI=1S/C11H16BrNO2S2/c1-11(5-2-3-6-11)8-13-17(14,15)10-9(12)4-7-16-10/h4,7,13H,2-3,5-6,8H2,1H3. The lowest BCUT2D eigenvalue weighted by Crippen LogP contribution is -2.33. The second-order valence-corrected chi connectivity index (χ2v) is 8.63. The topological polar surface area (TPSA) is 46.2 Å². The molecule has 1 heterocycles. The minimum atomic E-state index is -3.35. The molecule has 1 saturated carbocycles. The Kier molecular flexibility index (Phi) is 3.97. The summed E-state index contributed by atoms with van der Waals surface area (Å²) in [7, 11) is -3.35. The molecule has 2 rings (SSSR count). The Balaban J connectivity index is 2.06. The highest BCUT2D eigenvalue weighted by molar-refractivity contribution is 9.10. The summed E-state index contributed by atoms with van der Waals surface area (Å²) < 4.78 is 27.9. The van der Waals surface area contributed by atoms with E-state index >= 15 is 0 Å². The Labute approximate surface area is 115 Å². The van der Waals surface area contributed by atoms with Crippen molar-refractivity contribution in [1.82, 2.24) is 4.72 Å². The van der Waals surface area contributed by atoms with Crippen LogP contribution in [0.2, 0.25) is 0 Å². The van der Waals surface area contributed by atoms with Crippen LogP contribution in [-0.2, 0) is 10.0 Å². The number of thiophene rings is 1. The summed E-state index contributed by atoms with van der Waals surface area (Å²) in [6, 6.07) is 1.76. The zero-order valence-corrected chi connectivity index (χ0v) is 12.9. The second kappa shape index (κ2) is 4.99. The van der Waals surface area contributed by atoms with Crippen LogP contribution in [-0.4, -0.2) is 15.0 Å². The van der Waals surface area contributed by atoms with Crippen molar-refractivity contribution in [3.8, 4) is 0 Å². The third-order valence-electron chi connectivity index (χ3n) is 3.33. The van der Waals surface area contributed by atoms with Crippen molar-refractivity contribution >= 4 is 37.3 Å². The van der Waals surface area contributed by atoms with Gasteiger partial charge < -0.3 is 0 Å². The van der Waals surface area contributed by atoms with Crippen molar-refractivity contribution < 1.29 is 8.42 Å². The van der Waals surface area contributed by atoms with Gasteiger partial charge in [-0.1, -0.05) is 19.8 Å². The van der Waals surface area contributed by atoms with Crippen LogP contribution in [0.25, 0.3) is 0 Å². The maximum absolute atomic E-state index is 12.1. The molecule has 1 N–H and O–H groups in total. The van der Waals surface area contributed by atoms with Crippen molar-refractivity contribution in [2.24, 2.45) is 5.41 Å². The zero-order valence-electron chi connectivity index (χ0n) is 9.70. The first-order valence-corrected chi connectivity index (χ1v) is 8.81. The highest BCUT2D eigenvalue weighted by Gasteiger charge is 2.31. The minimum Gasteiger partial charge on any atom is -0.210 e. The van der Waals surface area contributed by atoms with E-state index in [2.05, 4.69) is 27.6 Å². The Hall–Kier alpha value is 0.0900. The number of sulfonamides is 1. The number of rotatable bonds is 4. The predicted octanol–water partition coefficient (Wildman–Crippen LogP) is 3.37. The van der Waals surface area contributed by atoms with Gasteiger partial charge in [-0.25, -0.2) is 13.1 Å². The van der Waals surface area contributed by atoms with E-state index < -0.39 is 10.0 Å². The van der Waals surface area contributed by atoms with Crippen LogP contribution in [0.4, 0.5) is 0 Å². The van der Waals surface area contributed by atoms with Crippen LogP contribution in [0.5, 0.6) is 0 Å². The average Bonchev–Trinajstić information content (AvgIpc) is 2.86. The maximum Gasteiger partial charge on any atom is 0.251 e. The van der Waals surface area contributed by atoms with Gasteiger partial charge in [0.1, 0.15) is 4.21 Å². The molecule has 0 radical (unpaired) electrons. The van der Waals surface area contributed by atoms with Crippen LogP contribution in [0.15, 0.2) is 20.1 Å². The number of halogens is 1. The first-order valence-electron chi connectivity index (χ1n) is 5.66. The molecule has 0 spiro atoms. The first-order chi connectivity index (χ1) is 7.93. The molecule has 1 aromatic rings. The molecule has 0 aromatic carbocycles. The quantitative estimate of drug-likeness (QED) is 0.915. The number of hydrogen-bond acceptors (Lipinski definition) is 3. The van der Waals surface area contributed by atoms with E-state index in [-0.39, 0.29) is 5.41 Å². The fraction of sp³-hybridized carbons (Fsp3) is 0.636. The highest BCUT2D eigenvalue weighted by atomic mass is 79.9. The van der Waals surface area contributed by atoms with E-state index in [0.29, 0.717) is 15.2 Å². The van der Waals surface area contributed by atoms with E-state index in [1.54, 1.807) is 11.4 Å². The van der Waals surface area contributed by atoms with Gasteiger partial charge in [0.25, 0.3) is 10.0 Å². The summed E-state index contributed by atoms with van der Waals surface area (Å²) in [5.74, 6) is 0. The maximum atomic E-state index is 12.1. The average molecular weight is 338 g/mol. The van der Waals surface area contributed by atoms with Gasteiger partial charge in [0.2, 0.25) is 0 Å². The summed E-state index contributed by atoms with van der Waals surface area (Å²) in [4.78, 5) is 0. The summed E-state index contributed by atoms with van der Waals surface area (Å²) in [6.07, 6.45) is 4.64. The van der Waals surface area contributed by atoms with Gasteiger partial charge in [-0.2, -0.15) is 0 Å². The lowest BCUT2D eigenvalue weighted by Gasteiger charge is -2.23. The third kappa shape index (κ3) is 3.10. The van der Waals surface area contributed by atoms with Crippen LogP contribution >= 0.6 is 27.3 Å². The third-order valence-corrected chi connectivity index (χ3v) is 7.40. The molecule has 3 nitrogen and oxygen atoms in total. The molecule has 0 bridgehead atoms. The summed E-state index contributed by atoms with van der Waals surface area (Å²) >= 11 is 4.50. The van der Waals surface area contributed by atoms with Crippen molar-refractivity contribution in [3.63, 3.8) is 0 Å². The fourth-order valence-corrected chi connectivity index (χ4v) is 5.79. The summed E-state index contributed by atoms with van der Waals surface area (Å²) in [5, 5.41) is 1.77. The molecule has 1 aliphatic rings. The van der Waals surface area contributed by atoms with Crippen molar-refractivity contribution in [3.05, 3.63) is 15.9 Å². The molecule has 1 fully saturated rings. The zero-order chi connectivity index (χ0) is 12.5. The molecule has 6 heteroatoms. The largest absolute Gasteiger partial charge is 0.251 e. The van der Waals surface area contributed by atoms with Crippen molar-refractivity contribution in [2.45, 2.75) is 36.8 Å². The molecule has 17 heavy (non-hydrogen) atoms. The normalized spacial score (nSPS) is 19.6. The molecular formula is C11H16BrNO2S2. The van der Waals surface area contributed by atoms with E-state index in [1.807, 2.05) is 0 Å². The van der Waals surface area contributed by atoms with E-state index in [9.17, 15) is 8.42 Å². The van der Waals surface area contributed by atoms with Gasteiger partial charge >= 0.3 is 0 Å². The van der Waals surface area contributed by atoms with Crippen LogP contribution in [0, 0.1) is 5.41 Å². The smallest absolute Gasteiger partial charge is 0.210 e. The molecule has 0 saturated heterocycles. The van der Waals surface area contributed by atoms with Crippen LogP contribution in [0.3, 0.4) is 0 Å². The predicted molar refractivity (Wildman–Crippen MR) is 73.8 cm³/mol. The minimum absolute atomic E-state index is 0.136. The van der Waals surface area contributed by atoms with Gasteiger partial charge in [0.15, 0.2) is 0 Å². The Morgan fingerprint density at radius 3 is 2.65 bits per heavy atom. The van der Waals surface area contributed by atoms with Crippen molar-refractivity contribution in [2.75, 3.05) is 6.54 Å². The molecule has 1 aromatic heterocycles. The van der Waals surface area contributed by atoms with Crippen LogP contribution in [0.1, 0.15) is 32.6 Å². The molecule has 96 valence electrons. The molecule has 0 amide bonds. The van der Waals surface area contributed by atoms with Gasteiger partial charge in [-0.15, -0.1) is 11.3 Å². The SMILES string of the molecule is CC1(CNS(=O)(=O)c2sccc2Br)CCCC1. The fourth-order valence-electron chi connectivity index (χ4n) is 2.21. The van der Waals surface area contributed by atoms with E-state index in [0.717, 1.165) is 12.8 Å². The molecule has 0 unspecified atom stereocenters.